The van der Waals surface area contributed by atoms with Crippen molar-refractivity contribution in [2.24, 2.45) is 11.8 Å². The Morgan fingerprint density at radius 3 is 1.94 bits per heavy atom. The fraction of sp³-hybridized carbons (Fsp3) is 0.800. The van der Waals surface area contributed by atoms with Gasteiger partial charge in [-0.15, -0.1) is 0 Å². The van der Waals surface area contributed by atoms with Gasteiger partial charge in [0.05, 0.1) is 0 Å². The molecular formula is C10H21N3O3. The van der Waals surface area contributed by atoms with Crippen LogP contribution in [0.2, 0.25) is 0 Å². The highest BCUT2D eigenvalue weighted by molar-refractivity contribution is 5.85. The number of nitrogens with zero attached hydrogens (tertiary/aromatic N) is 1. The number of carbonyl (C=O) groups is 2. The molecule has 0 aliphatic rings. The molecule has 0 radical (unpaired) electrons. The zero-order valence-electron chi connectivity index (χ0n) is 10.4. The molecule has 16 heavy (non-hydrogen) atoms. The Kier molecular flexibility index (Phi) is 4.74. The highest BCUT2D eigenvalue weighted by Crippen LogP contribution is 2.22. The SMILES string of the molecule is CC(C)[C@@H](C(=O)NN)N(C(=O)O)C(C)(C)C. The summed E-state index contributed by atoms with van der Waals surface area (Å²) in [4.78, 5) is 23.9. The lowest BCUT2D eigenvalue weighted by molar-refractivity contribution is -0.129. The maximum absolute atomic E-state index is 11.6. The molecule has 0 spiro atoms. The van der Waals surface area contributed by atoms with Gasteiger partial charge in [0.25, 0.3) is 5.91 Å². The van der Waals surface area contributed by atoms with Crippen LogP contribution in [0.3, 0.4) is 0 Å². The second-order valence-electron chi connectivity index (χ2n) is 5.02. The first-order valence-electron chi connectivity index (χ1n) is 5.15. The van der Waals surface area contributed by atoms with Crippen molar-refractivity contribution in [1.82, 2.24) is 10.3 Å². The average molecular weight is 231 g/mol. The molecule has 0 aliphatic carbocycles. The Morgan fingerprint density at radius 1 is 1.31 bits per heavy atom. The van der Waals surface area contributed by atoms with Gasteiger partial charge in [-0.1, -0.05) is 13.8 Å². The third-order valence-corrected chi connectivity index (χ3v) is 2.25. The van der Waals surface area contributed by atoms with Crippen LogP contribution in [0.15, 0.2) is 0 Å². The number of amides is 2. The molecule has 0 saturated carbocycles. The molecule has 0 aromatic carbocycles. The summed E-state index contributed by atoms with van der Waals surface area (Å²) in [5.74, 6) is 4.43. The summed E-state index contributed by atoms with van der Waals surface area (Å²) in [6, 6.07) is -0.789. The zero-order chi connectivity index (χ0) is 13.1. The van der Waals surface area contributed by atoms with Gasteiger partial charge in [-0.2, -0.15) is 0 Å². The van der Waals surface area contributed by atoms with Gasteiger partial charge in [-0.25, -0.2) is 10.6 Å². The lowest BCUT2D eigenvalue weighted by Crippen LogP contribution is -2.59. The molecule has 0 rings (SSSR count). The number of rotatable bonds is 3. The van der Waals surface area contributed by atoms with E-state index in [2.05, 4.69) is 0 Å². The lowest BCUT2D eigenvalue weighted by Gasteiger charge is -2.40. The molecule has 6 heteroatoms. The van der Waals surface area contributed by atoms with Crippen LogP contribution in [0.4, 0.5) is 4.79 Å². The largest absolute Gasteiger partial charge is 0.465 e. The van der Waals surface area contributed by atoms with Crippen LogP contribution < -0.4 is 11.3 Å². The van der Waals surface area contributed by atoms with E-state index in [0.717, 1.165) is 4.90 Å². The zero-order valence-corrected chi connectivity index (χ0v) is 10.4. The van der Waals surface area contributed by atoms with Crippen molar-refractivity contribution in [3.63, 3.8) is 0 Å². The predicted molar refractivity (Wildman–Crippen MR) is 60.6 cm³/mol. The monoisotopic (exact) mass is 231 g/mol. The van der Waals surface area contributed by atoms with Crippen molar-refractivity contribution >= 4 is 12.0 Å². The minimum absolute atomic E-state index is 0.154. The van der Waals surface area contributed by atoms with E-state index in [1.165, 1.54) is 0 Å². The molecule has 1 atom stereocenters. The van der Waals surface area contributed by atoms with Crippen LogP contribution in [0.5, 0.6) is 0 Å². The lowest BCUT2D eigenvalue weighted by atomic mass is 9.96. The van der Waals surface area contributed by atoms with Crippen LogP contribution in [-0.2, 0) is 4.79 Å². The quantitative estimate of drug-likeness (QED) is 0.380. The van der Waals surface area contributed by atoms with Crippen molar-refractivity contribution in [3.8, 4) is 0 Å². The van der Waals surface area contributed by atoms with E-state index >= 15 is 0 Å². The number of carboxylic acid groups (broad SMARTS) is 1. The molecule has 2 amide bonds. The molecule has 0 heterocycles. The van der Waals surface area contributed by atoms with Gasteiger partial charge >= 0.3 is 6.09 Å². The number of carbonyl (C=O) groups excluding carboxylic acids is 1. The van der Waals surface area contributed by atoms with Gasteiger partial charge in [-0.05, 0) is 26.7 Å². The Morgan fingerprint density at radius 2 is 1.75 bits per heavy atom. The number of nitrogens with two attached hydrogens (primary N) is 1. The fourth-order valence-electron chi connectivity index (χ4n) is 1.63. The van der Waals surface area contributed by atoms with Crippen molar-refractivity contribution in [3.05, 3.63) is 0 Å². The number of nitrogens with one attached hydrogen (secondary N) is 1. The van der Waals surface area contributed by atoms with Crippen LogP contribution in [-0.4, -0.2) is 33.6 Å². The minimum atomic E-state index is -1.13. The topological polar surface area (TPSA) is 95.7 Å². The molecule has 0 aromatic heterocycles. The fourth-order valence-corrected chi connectivity index (χ4v) is 1.63. The van der Waals surface area contributed by atoms with Gasteiger partial charge in [-0.3, -0.25) is 15.1 Å². The molecule has 0 aromatic rings. The maximum Gasteiger partial charge on any atom is 0.408 e. The van der Waals surface area contributed by atoms with Crippen molar-refractivity contribution in [2.45, 2.75) is 46.2 Å². The second kappa shape index (κ2) is 5.16. The van der Waals surface area contributed by atoms with Crippen LogP contribution in [0.25, 0.3) is 0 Å². The molecule has 0 aliphatic heterocycles. The van der Waals surface area contributed by atoms with E-state index in [4.69, 9.17) is 5.84 Å². The van der Waals surface area contributed by atoms with E-state index < -0.39 is 23.6 Å². The minimum Gasteiger partial charge on any atom is -0.465 e. The second-order valence-corrected chi connectivity index (χ2v) is 5.02. The van der Waals surface area contributed by atoms with E-state index in [-0.39, 0.29) is 5.92 Å². The van der Waals surface area contributed by atoms with Gasteiger partial charge in [0, 0.05) is 5.54 Å². The van der Waals surface area contributed by atoms with Crippen LogP contribution >= 0.6 is 0 Å². The summed E-state index contributed by atoms with van der Waals surface area (Å²) in [6.07, 6.45) is -1.13. The normalized spacial score (nSPS) is 13.4. The molecule has 0 saturated heterocycles. The Hall–Kier alpha value is -1.30. The Labute approximate surface area is 95.8 Å². The first kappa shape index (κ1) is 14.7. The van der Waals surface area contributed by atoms with E-state index in [0.29, 0.717) is 0 Å². The van der Waals surface area contributed by atoms with Gasteiger partial charge < -0.3 is 5.11 Å². The highest BCUT2D eigenvalue weighted by atomic mass is 16.4. The molecule has 4 N–H and O–H groups in total. The van der Waals surface area contributed by atoms with Gasteiger partial charge in [0.15, 0.2) is 0 Å². The summed E-state index contributed by atoms with van der Waals surface area (Å²) in [5, 5.41) is 9.18. The summed E-state index contributed by atoms with van der Waals surface area (Å²) >= 11 is 0. The molecular weight excluding hydrogens is 210 g/mol. The summed E-state index contributed by atoms with van der Waals surface area (Å²) < 4.78 is 0. The van der Waals surface area contributed by atoms with E-state index in [9.17, 15) is 14.7 Å². The Balaban J connectivity index is 5.28. The van der Waals surface area contributed by atoms with Crippen LogP contribution in [0.1, 0.15) is 34.6 Å². The molecule has 6 nitrogen and oxygen atoms in total. The van der Waals surface area contributed by atoms with Crippen molar-refractivity contribution in [1.29, 1.82) is 0 Å². The smallest absolute Gasteiger partial charge is 0.408 e. The third kappa shape index (κ3) is 3.37. The van der Waals surface area contributed by atoms with E-state index in [1.807, 2.05) is 5.43 Å². The first-order valence-corrected chi connectivity index (χ1v) is 5.15. The summed E-state index contributed by atoms with van der Waals surface area (Å²) in [7, 11) is 0. The van der Waals surface area contributed by atoms with E-state index in [1.54, 1.807) is 34.6 Å². The van der Waals surface area contributed by atoms with Gasteiger partial charge in [0.2, 0.25) is 0 Å². The Bertz CT molecular complexity index is 271. The first-order chi connectivity index (χ1) is 7.12. The number of hydrogen-bond acceptors (Lipinski definition) is 3. The predicted octanol–water partition coefficient (Wildman–Crippen LogP) is 0.779. The number of hydrazine groups is 1. The van der Waals surface area contributed by atoms with Gasteiger partial charge in [0.1, 0.15) is 6.04 Å². The van der Waals surface area contributed by atoms with Crippen LogP contribution in [0, 0.1) is 5.92 Å². The molecule has 0 unspecified atom stereocenters. The maximum atomic E-state index is 11.6. The summed E-state index contributed by atoms with van der Waals surface area (Å²) in [6.45, 7) is 8.77. The van der Waals surface area contributed by atoms with Crippen molar-refractivity contribution < 1.29 is 14.7 Å². The van der Waals surface area contributed by atoms with Crippen molar-refractivity contribution in [2.75, 3.05) is 0 Å². The molecule has 0 fully saturated rings. The highest BCUT2D eigenvalue weighted by Gasteiger charge is 2.38. The standard InChI is InChI=1S/C10H21N3O3/c1-6(2)7(8(14)12-11)13(9(15)16)10(3,4)5/h6-7H,11H2,1-5H3,(H,12,14)(H,15,16)/t7-/m0/s1. The number of hydrogen-bond donors (Lipinski definition) is 3. The summed E-state index contributed by atoms with van der Waals surface area (Å²) in [5.41, 5.74) is 1.35. The average Bonchev–Trinajstić information content (AvgIpc) is 2.09. The third-order valence-electron chi connectivity index (χ3n) is 2.25. The molecule has 0 bridgehead atoms. The molecule has 94 valence electrons.